The van der Waals surface area contributed by atoms with Gasteiger partial charge in [-0.15, -0.1) is 0 Å². The molecule has 1 saturated carbocycles. The maximum absolute atomic E-state index is 12.6. The van der Waals surface area contributed by atoms with E-state index in [1.807, 2.05) is 30.3 Å². The Morgan fingerprint density at radius 1 is 1.26 bits per heavy atom. The number of rotatable bonds is 5. The van der Waals surface area contributed by atoms with E-state index in [0.29, 0.717) is 16.5 Å². The van der Waals surface area contributed by atoms with Crippen LogP contribution in [-0.4, -0.2) is 18.6 Å². The summed E-state index contributed by atoms with van der Waals surface area (Å²) in [5, 5.41) is 6.82. The highest BCUT2D eigenvalue weighted by atomic mass is 79.9. The molecule has 0 aromatic heterocycles. The molecule has 2 aromatic rings. The van der Waals surface area contributed by atoms with E-state index >= 15 is 0 Å². The van der Waals surface area contributed by atoms with Gasteiger partial charge in [0, 0.05) is 11.8 Å². The number of anilines is 2. The molecule has 1 amide bonds. The molecule has 3 rings (SSSR count). The van der Waals surface area contributed by atoms with Crippen molar-refractivity contribution < 1.29 is 9.53 Å². The number of methoxy groups -OCH3 is 1. The largest absolute Gasteiger partial charge is 0.495 e. The molecule has 2 aromatic carbocycles. The number of para-hydroxylation sites is 1. The molecule has 0 radical (unpaired) electrons. The highest BCUT2D eigenvalue weighted by molar-refractivity contribution is 9.10. The summed E-state index contributed by atoms with van der Waals surface area (Å²) in [5.74, 6) is 0.605. The molecular weight excluding hydrogens is 380 g/mol. The quantitative estimate of drug-likeness (QED) is 0.772. The van der Waals surface area contributed by atoms with Crippen molar-refractivity contribution in [1.82, 2.24) is 0 Å². The van der Waals surface area contributed by atoms with Gasteiger partial charge < -0.3 is 15.4 Å². The van der Waals surface area contributed by atoms with Gasteiger partial charge in [0.15, 0.2) is 0 Å². The van der Waals surface area contributed by atoms with Crippen molar-refractivity contribution in [1.29, 1.82) is 0 Å². The molecular formula is C17H16BrClN2O2. The van der Waals surface area contributed by atoms with Crippen LogP contribution < -0.4 is 15.4 Å². The lowest BCUT2D eigenvalue weighted by Crippen LogP contribution is -2.37. The molecule has 0 spiro atoms. The number of ether oxygens (including phenoxy) is 1. The summed E-state index contributed by atoms with van der Waals surface area (Å²) in [7, 11) is 1.59. The molecule has 0 saturated heterocycles. The highest BCUT2D eigenvalue weighted by Gasteiger charge is 2.50. The first-order valence-corrected chi connectivity index (χ1v) is 8.39. The van der Waals surface area contributed by atoms with Crippen LogP contribution in [0.2, 0.25) is 5.02 Å². The predicted octanol–water partition coefficient (Wildman–Crippen LogP) is 4.69. The first-order chi connectivity index (χ1) is 11.0. The van der Waals surface area contributed by atoms with Crippen molar-refractivity contribution >= 4 is 44.8 Å². The number of amides is 1. The zero-order valence-corrected chi connectivity index (χ0v) is 14.9. The Balaban J connectivity index is 1.74. The van der Waals surface area contributed by atoms with Crippen LogP contribution in [0.3, 0.4) is 0 Å². The molecule has 0 aliphatic heterocycles. The van der Waals surface area contributed by atoms with Crippen molar-refractivity contribution in [2.75, 3.05) is 17.7 Å². The Bertz CT molecular complexity index is 747. The summed E-state index contributed by atoms with van der Waals surface area (Å²) in [5.41, 5.74) is 0.878. The van der Waals surface area contributed by atoms with Crippen LogP contribution in [0, 0.1) is 0 Å². The van der Waals surface area contributed by atoms with E-state index in [4.69, 9.17) is 16.3 Å². The van der Waals surface area contributed by atoms with Crippen LogP contribution in [0.15, 0.2) is 46.9 Å². The molecule has 2 N–H and O–H groups in total. The standard InChI is InChI=1S/C17H16BrClN2O2/c1-23-15-10-11(6-7-12(15)18)20-16(22)17(8-9-17)21-14-5-3-2-4-13(14)19/h2-7,10,21H,8-9H2,1H3,(H,20,22). The van der Waals surface area contributed by atoms with Crippen LogP contribution in [-0.2, 0) is 4.79 Å². The van der Waals surface area contributed by atoms with E-state index in [1.165, 1.54) is 0 Å². The lowest BCUT2D eigenvalue weighted by molar-refractivity contribution is -0.117. The zero-order chi connectivity index (χ0) is 16.4. The van der Waals surface area contributed by atoms with Gasteiger partial charge in [-0.25, -0.2) is 0 Å². The lowest BCUT2D eigenvalue weighted by Gasteiger charge is -2.19. The van der Waals surface area contributed by atoms with E-state index in [-0.39, 0.29) is 5.91 Å². The van der Waals surface area contributed by atoms with E-state index < -0.39 is 5.54 Å². The summed E-state index contributed by atoms with van der Waals surface area (Å²) in [6.45, 7) is 0. The summed E-state index contributed by atoms with van der Waals surface area (Å²) in [6, 6.07) is 12.9. The van der Waals surface area contributed by atoms with Gasteiger partial charge in [-0.05, 0) is 53.0 Å². The zero-order valence-electron chi connectivity index (χ0n) is 12.5. The maximum Gasteiger partial charge on any atom is 0.250 e. The van der Waals surface area contributed by atoms with Crippen molar-refractivity contribution in [3.63, 3.8) is 0 Å². The van der Waals surface area contributed by atoms with Crippen LogP contribution in [0.4, 0.5) is 11.4 Å². The molecule has 23 heavy (non-hydrogen) atoms. The van der Waals surface area contributed by atoms with Crippen LogP contribution in [0.5, 0.6) is 5.75 Å². The molecule has 0 unspecified atom stereocenters. The van der Waals surface area contributed by atoms with Crippen LogP contribution in [0.25, 0.3) is 0 Å². The van der Waals surface area contributed by atoms with Crippen LogP contribution in [0.1, 0.15) is 12.8 Å². The Morgan fingerprint density at radius 3 is 2.65 bits per heavy atom. The smallest absolute Gasteiger partial charge is 0.250 e. The summed E-state index contributed by atoms with van der Waals surface area (Å²) in [4.78, 5) is 12.6. The molecule has 0 heterocycles. The monoisotopic (exact) mass is 394 g/mol. The number of benzene rings is 2. The van der Waals surface area contributed by atoms with Gasteiger partial charge in [-0.1, -0.05) is 23.7 Å². The third-order valence-corrected chi connectivity index (χ3v) is 4.83. The molecule has 6 heteroatoms. The number of nitrogens with one attached hydrogen (secondary N) is 2. The minimum atomic E-state index is -0.592. The van der Waals surface area contributed by atoms with E-state index in [0.717, 1.165) is 23.0 Å². The Morgan fingerprint density at radius 2 is 2.00 bits per heavy atom. The number of halogens is 2. The Labute approximate surface area is 148 Å². The van der Waals surface area contributed by atoms with Gasteiger partial charge >= 0.3 is 0 Å². The average molecular weight is 396 g/mol. The fourth-order valence-electron chi connectivity index (χ4n) is 2.34. The fraction of sp³-hybridized carbons (Fsp3) is 0.235. The van der Waals surface area contributed by atoms with Crippen molar-refractivity contribution in [3.05, 3.63) is 52.0 Å². The van der Waals surface area contributed by atoms with Crippen molar-refractivity contribution in [3.8, 4) is 5.75 Å². The minimum Gasteiger partial charge on any atom is -0.495 e. The molecule has 4 nitrogen and oxygen atoms in total. The van der Waals surface area contributed by atoms with E-state index in [1.54, 1.807) is 19.2 Å². The van der Waals surface area contributed by atoms with Gasteiger partial charge in [-0.3, -0.25) is 4.79 Å². The molecule has 0 bridgehead atoms. The summed E-state index contributed by atoms with van der Waals surface area (Å²) < 4.78 is 6.09. The minimum absolute atomic E-state index is 0.0678. The molecule has 0 atom stereocenters. The molecule has 1 aliphatic carbocycles. The number of carbonyl (C=O) groups is 1. The Hall–Kier alpha value is -1.72. The molecule has 1 fully saturated rings. The summed E-state index contributed by atoms with van der Waals surface area (Å²) in [6.07, 6.45) is 1.55. The first kappa shape index (κ1) is 16.1. The highest BCUT2D eigenvalue weighted by Crippen LogP contribution is 2.41. The Kier molecular flexibility index (Phi) is 4.50. The molecule has 1 aliphatic rings. The lowest BCUT2D eigenvalue weighted by atomic mass is 10.2. The summed E-state index contributed by atoms with van der Waals surface area (Å²) >= 11 is 9.56. The second-order valence-corrected chi connectivity index (χ2v) is 6.75. The van der Waals surface area contributed by atoms with E-state index in [2.05, 4.69) is 26.6 Å². The van der Waals surface area contributed by atoms with Crippen LogP contribution >= 0.6 is 27.5 Å². The number of hydrogen-bond acceptors (Lipinski definition) is 3. The van der Waals surface area contributed by atoms with Gasteiger partial charge in [0.1, 0.15) is 11.3 Å². The maximum atomic E-state index is 12.6. The van der Waals surface area contributed by atoms with Gasteiger partial charge in [-0.2, -0.15) is 0 Å². The third kappa shape index (κ3) is 3.46. The van der Waals surface area contributed by atoms with Gasteiger partial charge in [0.05, 0.1) is 22.3 Å². The number of carbonyl (C=O) groups excluding carboxylic acids is 1. The topological polar surface area (TPSA) is 50.4 Å². The van der Waals surface area contributed by atoms with Crippen molar-refractivity contribution in [2.24, 2.45) is 0 Å². The van der Waals surface area contributed by atoms with Gasteiger partial charge in [0.2, 0.25) is 5.91 Å². The average Bonchev–Trinajstić information content (AvgIpc) is 3.32. The number of hydrogen-bond donors (Lipinski definition) is 2. The van der Waals surface area contributed by atoms with Crippen molar-refractivity contribution in [2.45, 2.75) is 18.4 Å². The fourth-order valence-corrected chi connectivity index (χ4v) is 2.93. The first-order valence-electron chi connectivity index (χ1n) is 7.22. The predicted molar refractivity (Wildman–Crippen MR) is 96.4 cm³/mol. The SMILES string of the molecule is COc1cc(NC(=O)C2(Nc3ccccc3Cl)CC2)ccc1Br. The van der Waals surface area contributed by atoms with E-state index in [9.17, 15) is 4.79 Å². The molecule has 120 valence electrons. The third-order valence-electron chi connectivity index (χ3n) is 3.84. The second-order valence-electron chi connectivity index (χ2n) is 5.49. The van der Waals surface area contributed by atoms with Gasteiger partial charge in [0.25, 0.3) is 0 Å². The second kappa shape index (κ2) is 6.42. The normalized spacial score (nSPS) is 14.9.